The van der Waals surface area contributed by atoms with Gasteiger partial charge in [0.15, 0.2) is 0 Å². The summed E-state index contributed by atoms with van der Waals surface area (Å²) in [6.07, 6.45) is 5.62. The molecule has 1 aromatic heterocycles. The summed E-state index contributed by atoms with van der Waals surface area (Å²) >= 11 is 0. The minimum absolute atomic E-state index is 0.607. The van der Waals surface area contributed by atoms with Crippen LogP contribution in [0.4, 0.5) is 0 Å². The third kappa shape index (κ3) is 1.92. The normalized spacial score (nSPS) is 23.4. The van der Waals surface area contributed by atoms with Crippen LogP contribution in [-0.2, 0) is 11.2 Å². The Hall–Kier alpha value is -1.44. The number of rotatable bonds is 2. The zero-order valence-electron chi connectivity index (χ0n) is 10.5. The van der Waals surface area contributed by atoms with Crippen LogP contribution in [0.2, 0.25) is 0 Å². The highest BCUT2D eigenvalue weighted by molar-refractivity contribution is 5.39. The van der Waals surface area contributed by atoms with E-state index in [2.05, 4.69) is 37.0 Å². The van der Waals surface area contributed by atoms with Crippen LogP contribution in [0, 0.1) is 12.8 Å². The Morgan fingerprint density at radius 3 is 3.06 bits per heavy atom. The lowest BCUT2D eigenvalue weighted by molar-refractivity contribution is 0.257. The van der Waals surface area contributed by atoms with Crippen molar-refractivity contribution >= 4 is 0 Å². The lowest BCUT2D eigenvalue weighted by Crippen LogP contribution is -2.10. The molecule has 0 bridgehead atoms. The number of hydrogen-bond donors (Lipinski definition) is 1. The van der Waals surface area contributed by atoms with E-state index in [0.717, 1.165) is 25.9 Å². The maximum atomic E-state index is 5.82. The van der Waals surface area contributed by atoms with E-state index >= 15 is 0 Å². The second-order valence-corrected chi connectivity index (χ2v) is 5.16. The fourth-order valence-corrected chi connectivity index (χ4v) is 2.77. The highest BCUT2D eigenvalue weighted by atomic mass is 16.5. The molecule has 2 heteroatoms. The number of fused-ring (bicyclic) bond motifs is 1. The van der Waals surface area contributed by atoms with Crippen molar-refractivity contribution in [3.8, 4) is 0 Å². The van der Waals surface area contributed by atoms with Crippen molar-refractivity contribution in [1.29, 1.82) is 0 Å². The van der Waals surface area contributed by atoms with E-state index < -0.39 is 0 Å². The summed E-state index contributed by atoms with van der Waals surface area (Å²) in [6, 6.07) is 4.32. The Balaban J connectivity index is 1.91. The molecule has 1 saturated heterocycles. The van der Waals surface area contributed by atoms with Gasteiger partial charge in [0.25, 0.3) is 0 Å². The zero-order chi connectivity index (χ0) is 11.8. The van der Waals surface area contributed by atoms with Gasteiger partial charge in [-0.15, -0.1) is 0 Å². The van der Waals surface area contributed by atoms with Gasteiger partial charge in [-0.25, -0.2) is 0 Å². The van der Waals surface area contributed by atoms with E-state index in [1.165, 1.54) is 28.3 Å². The minimum Gasteiger partial charge on any atom is -0.493 e. The van der Waals surface area contributed by atoms with E-state index in [9.17, 15) is 0 Å². The van der Waals surface area contributed by atoms with Gasteiger partial charge in [-0.05, 0) is 42.5 Å². The fraction of sp³-hybridized carbons (Fsp3) is 0.467. The van der Waals surface area contributed by atoms with Gasteiger partial charge >= 0.3 is 0 Å². The topological polar surface area (TPSA) is 25.0 Å². The van der Waals surface area contributed by atoms with Gasteiger partial charge in [-0.2, -0.15) is 0 Å². The number of H-pyrrole nitrogens is 1. The molecule has 1 fully saturated rings. The Kier molecular flexibility index (Phi) is 2.58. The molecular formula is C15H19NO. The average molecular weight is 229 g/mol. The number of hydrogen-bond acceptors (Lipinski definition) is 1. The maximum absolute atomic E-state index is 5.82. The molecule has 90 valence electrons. The maximum Gasteiger partial charge on any atom is 0.122 e. The standard InChI is InChI=1S/C15H19NO/c1-10-3-5-12-7-8-17-15(12)14(10)9-13-6-4-11(2)16-13/h4-6,10,16H,3,7-9H2,1-2H3. The van der Waals surface area contributed by atoms with E-state index in [1.807, 2.05) is 0 Å². The molecule has 0 spiro atoms. The average Bonchev–Trinajstić information content (AvgIpc) is 2.91. The van der Waals surface area contributed by atoms with Crippen LogP contribution in [0.25, 0.3) is 0 Å². The van der Waals surface area contributed by atoms with Crippen LogP contribution in [0.3, 0.4) is 0 Å². The molecule has 3 rings (SSSR count). The molecule has 1 atom stereocenters. The van der Waals surface area contributed by atoms with E-state index in [-0.39, 0.29) is 0 Å². The molecule has 0 amide bonds. The summed E-state index contributed by atoms with van der Waals surface area (Å²) in [7, 11) is 0. The minimum atomic E-state index is 0.607. The van der Waals surface area contributed by atoms with Crippen molar-refractivity contribution in [2.75, 3.05) is 6.61 Å². The van der Waals surface area contributed by atoms with E-state index in [1.54, 1.807) is 0 Å². The third-order valence-electron chi connectivity index (χ3n) is 3.79. The Labute approximate surface area is 102 Å². The summed E-state index contributed by atoms with van der Waals surface area (Å²) in [5.41, 5.74) is 5.44. The lowest BCUT2D eigenvalue weighted by Gasteiger charge is -2.21. The van der Waals surface area contributed by atoms with Gasteiger partial charge in [0.1, 0.15) is 5.76 Å². The van der Waals surface area contributed by atoms with Crippen molar-refractivity contribution in [2.24, 2.45) is 5.92 Å². The Morgan fingerprint density at radius 2 is 2.29 bits per heavy atom. The molecule has 2 nitrogen and oxygen atoms in total. The molecular weight excluding hydrogens is 210 g/mol. The molecule has 0 aromatic carbocycles. The van der Waals surface area contributed by atoms with Crippen LogP contribution in [0.5, 0.6) is 0 Å². The molecule has 1 aliphatic carbocycles. The number of aromatic amines is 1. The number of aryl methyl sites for hydroxylation is 1. The van der Waals surface area contributed by atoms with E-state index in [0.29, 0.717) is 5.92 Å². The van der Waals surface area contributed by atoms with Crippen molar-refractivity contribution < 1.29 is 4.74 Å². The molecule has 2 heterocycles. The van der Waals surface area contributed by atoms with Crippen LogP contribution >= 0.6 is 0 Å². The summed E-state index contributed by atoms with van der Waals surface area (Å²) in [4.78, 5) is 3.41. The van der Waals surface area contributed by atoms with Crippen molar-refractivity contribution in [1.82, 2.24) is 4.98 Å². The molecule has 1 aliphatic heterocycles. The zero-order valence-corrected chi connectivity index (χ0v) is 10.5. The van der Waals surface area contributed by atoms with Crippen LogP contribution in [0.1, 0.15) is 31.2 Å². The molecule has 1 N–H and O–H groups in total. The monoisotopic (exact) mass is 229 g/mol. The number of allylic oxidation sites excluding steroid dienone is 3. The Morgan fingerprint density at radius 1 is 1.41 bits per heavy atom. The fourth-order valence-electron chi connectivity index (χ4n) is 2.77. The summed E-state index contributed by atoms with van der Waals surface area (Å²) in [5.74, 6) is 1.80. The predicted molar refractivity (Wildman–Crippen MR) is 68.7 cm³/mol. The van der Waals surface area contributed by atoms with Crippen LogP contribution in [-0.4, -0.2) is 11.6 Å². The molecule has 1 unspecified atom stereocenters. The number of aromatic nitrogens is 1. The first-order valence-electron chi connectivity index (χ1n) is 6.44. The van der Waals surface area contributed by atoms with Crippen LogP contribution < -0.4 is 0 Å². The number of nitrogens with one attached hydrogen (secondary N) is 1. The quantitative estimate of drug-likeness (QED) is 0.824. The van der Waals surface area contributed by atoms with Gasteiger partial charge in [-0.3, -0.25) is 0 Å². The molecule has 0 radical (unpaired) electrons. The first kappa shape index (κ1) is 10.7. The number of ether oxygens (including phenoxy) is 1. The van der Waals surface area contributed by atoms with Crippen molar-refractivity contribution in [3.05, 3.63) is 46.5 Å². The second-order valence-electron chi connectivity index (χ2n) is 5.16. The summed E-state index contributed by atoms with van der Waals surface area (Å²) in [6.45, 7) is 5.26. The van der Waals surface area contributed by atoms with Crippen molar-refractivity contribution in [2.45, 2.75) is 33.1 Å². The lowest BCUT2D eigenvalue weighted by atomic mass is 9.86. The third-order valence-corrected chi connectivity index (χ3v) is 3.79. The molecule has 2 aliphatic rings. The first-order chi connectivity index (χ1) is 8.24. The smallest absolute Gasteiger partial charge is 0.122 e. The molecule has 17 heavy (non-hydrogen) atoms. The van der Waals surface area contributed by atoms with Gasteiger partial charge in [0.05, 0.1) is 6.61 Å². The molecule has 0 saturated carbocycles. The van der Waals surface area contributed by atoms with E-state index in [4.69, 9.17) is 4.74 Å². The summed E-state index contributed by atoms with van der Waals surface area (Å²) in [5, 5.41) is 0. The van der Waals surface area contributed by atoms with Crippen LogP contribution in [0.15, 0.2) is 35.1 Å². The van der Waals surface area contributed by atoms with Gasteiger partial charge in [-0.1, -0.05) is 13.0 Å². The second kappa shape index (κ2) is 4.10. The van der Waals surface area contributed by atoms with Gasteiger partial charge < -0.3 is 9.72 Å². The van der Waals surface area contributed by atoms with Gasteiger partial charge in [0, 0.05) is 24.2 Å². The molecule has 1 aromatic rings. The highest BCUT2D eigenvalue weighted by Gasteiger charge is 2.26. The van der Waals surface area contributed by atoms with Gasteiger partial charge in [0.2, 0.25) is 0 Å². The first-order valence-corrected chi connectivity index (χ1v) is 6.44. The highest BCUT2D eigenvalue weighted by Crippen LogP contribution is 2.37. The SMILES string of the molecule is Cc1ccc(CC2=C3OCCC3=CCC2C)[nH]1. The predicted octanol–water partition coefficient (Wildman–Crippen LogP) is 3.51. The Bertz CT molecular complexity index is 493. The summed E-state index contributed by atoms with van der Waals surface area (Å²) < 4.78 is 5.82. The largest absolute Gasteiger partial charge is 0.493 e. The van der Waals surface area contributed by atoms with Crippen molar-refractivity contribution in [3.63, 3.8) is 0 Å².